The first kappa shape index (κ1) is 25.9. The van der Waals surface area contributed by atoms with E-state index in [0.29, 0.717) is 38.7 Å². The number of carbonyl (C=O) groups excluding carboxylic acids is 1. The molecule has 4 rings (SSSR count). The maximum atomic E-state index is 13.6. The number of nitrogens with zero attached hydrogens (tertiary/aromatic N) is 3. The third kappa shape index (κ3) is 5.97. The number of nitrogens with one attached hydrogen (secondary N) is 1. The van der Waals surface area contributed by atoms with Gasteiger partial charge in [0.05, 0.1) is 10.5 Å². The second kappa shape index (κ2) is 11.7. The van der Waals surface area contributed by atoms with E-state index in [4.69, 9.17) is 17.2 Å². The largest absolute Gasteiger partial charge is 0.367 e. The second-order valence-corrected chi connectivity index (χ2v) is 11.5. The van der Waals surface area contributed by atoms with Crippen LogP contribution in [0.4, 0.5) is 5.82 Å². The number of hydrogen-bond donors (Lipinski definition) is 1. The Morgan fingerprint density at radius 3 is 2.71 bits per heavy atom. The summed E-state index contributed by atoms with van der Waals surface area (Å²) in [7, 11) is 0. The van der Waals surface area contributed by atoms with Crippen LogP contribution in [0.1, 0.15) is 82.8 Å². The number of thiocarbonyl (C=S) groups is 1. The highest BCUT2D eigenvalue weighted by Crippen LogP contribution is 2.34. The van der Waals surface area contributed by atoms with E-state index in [1.165, 1.54) is 31.0 Å². The lowest BCUT2D eigenvalue weighted by Crippen LogP contribution is -2.33. The highest BCUT2D eigenvalue weighted by atomic mass is 32.2. The molecule has 0 radical (unpaired) electrons. The van der Waals surface area contributed by atoms with E-state index in [1.54, 1.807) is 21.6 Å². The van der Waals surface area contributed by atoms with E-state index in [1.807, 2.05) is 19.1 Å². The van der Waals surface area contributed by atoms with Crippen LogP contribution in [0.2, 0.25) is 0 Å². The van der Waals surface area contributed by atoms with Crippen molar-refractivity contribution in [3.63, 3.8) is 0 Å². The summed E-state index contributed by atoms with van der Waals surface area (Å²) in [5.41, 5.74) is 1.84. The van der Waals surface area contributed by atoms with E-state index in [-0.39, 0.29) is 17.5 Å². The number of rotatable bonds is 9. The van der Waals surface area contributed by atoms with Gasteiger partial charge >= 0.3 is 0 Å². The molecule has 2 aliphatic rings. The first-order chi connectivity index (χ1) is 16.9. The summed E-state index contributed by atoms with van der Waals surface area (Å²) in [5.74, 6) is 0.883. The second-order valence-electron chi connectivity index (χ2n) is 9.80. The van der Waals surface area contributed by atoms with Gasteiger partial charge in [-0.1, -0.05) is 82.4 Å². The first-order valence-corrected chi connectivity index (χ1v) is 14.2. The summed E-state index contributed by atoms with van der Waals surface area (Å²) < 4.78 is 2.15. The van der Waals surface area contributed by atoms with Crippen molar-refractivity contribution in [3.8, 4) is 0 Å². The molecule has 1 atom stereocenters. The monoisotopic (exact) mass is 512 g/mol. The predicted octanol–water partition coefficient (Wildman–Crippen LogP) is 6.17. The number of carbonyl (C=O) groups is 1. The zero-order chi connectivity index (χ0) is 24.9. The van der Waals surface area contributed by atoms with Crippen molar-refractivity contribution in [3.05, 3.63) is 44.7 Å². The van der Waals surface area contributed by atoms with Gasteiger partial charge in [-0.25, -0.2) is 4.98 Å². The van der Waals surface area contributed by atoms with Crippen molar-refractivity contribution in [1.29, 1.82) is 0 Å². The van der Waals surface area contributed by atoms with Gasteiger partial charge in [-0.2, -0.15) is 0 Å². The maximum Gasteiger partial charge on any atom is 0.267 e. The number of hydrogen-bond acceptors (Lipinski definition) is 6. The molecule has 188 valence electrons. The molecule has 2 fully saturated rings. The average Bonchev–Trinajstić information content (AvgIpc) is 3.12. The van der Waals surface area contributed by atoms with Gasteiger partial charge in [0.25, 0.3) is 11.5 Å². The number of anilines is 1. The molecule has 35 heavy (non-hydrogen) atoms. The Labute approximate surface area is 217 Å². The Hall–Kier alpha value is -2.19. The van der Waals surface area contributed by atoms with E-state index < -0.39 is 0 Å². The molecule has 0 aromatic carbocycles. The highest BCUT2D eigenvalue weighted by molar-refractivity contribution is 8.26. The molecule has 1 saturated carbocycles. The van der Waals surface area contributed by atoms with Crippen molar-refractivity contribution >= 4 is 51.7 Å². The van der Waals surface area contributed by atoms with Crippen molar-refractivity contribution in [2.45, 2.75) is 84.6 Å². The molecule has 1 saturated heterocycles. The fourth-order valence-electron chi connectivity index (χ4n) is 4.90. The summed E-state index contributed by atoms with van der Waals surface area (Å²) in [6, 6.07) is 4.11. The fraction of sp³-hybridized carbons (Fsp3) is 0.556. The summed E-state index contributed by atoms with van der Waals surface area (Å²) >= 11 is 6.88. The molecule has 1 unspecified atom stereocenters. The Kier molecular flexibility index (Phi) is 8.65. The molecule has 2 aromatic heterocycles. The summed E-state index contributed by atoms with van der Waals surface area (Å²) in [4.78, 5) is 34.0. The molecule has 1 aliphatic heterocycles. The standard InChI is InChI=1S/C27H36N4O2S2/c1-4-6-10-19(5-2)17-31-26(33)22(35-27(31)34)15-21-24(28-20-11-8-7-9-12-20)29-23-14-13-18(3)16-30(23)25(21)32/h13-16,19-20,28H,4-12,17H2,1-3H3/b22-15+. The van der Waals surface area contributed by atoms with Gasteiger partial charge in [0.1, 0.15) is 15.8 Å². The van der Waals surface area contributed by atoms with Gasteiger partial charge in [0, 0.05) is 18.8 Å². The van der Waals surface area contributed by atoms with Crippen LogP contribution in [-0.2, 0) is 4.79 Å². The minimum atomic E-state index is -0.170. The predicted molar refractivity (Wildman–Crippen MR) is 150 cm³/mol. The van der Waals surface area contributed by atoms with Gasteiger partial charge in [0.15, 0.2) is 0 Å². The topological polar surface area (TPSA) is 66.7 Å². The molecule has 6 nitrogen and oxygen atoms in total. The minimum Gasteiger partial charge on any atom is -0.367 e. The van der Waals surface area contributed by atoms with Crippen LogP contribution in [0.5, 0.6) is 0 Å². The maximum absolute atomic E-state index is 13.6. The molecular formula is C27H36N4O2S2. The van der Waals surface area contributed by atoms with Crippen LogP contribution >= 0.6 is 24.0 Å². The van der Waals surface area contributed by atoms with E-state index in [9.17, 15) is 9.59 Å². The van der Waals surface area contributed by atoms with Gasteiger partial charge in [-0.3, -0.25) is 18.9 Å². The van der Waals surface area contributed by atoms with Crippen LogP contribution < -0.4 is 10.9 Å². The number of fused-ring (bicyclic) bond motifs is 1. The SMILES string of the molecule is CCCCC(CC)CN1C(=O)/C(=C\c2c(NC3CCCCC3)nc3ccc(C)cn3c2=O)SC1=S. The van der Waals surface area contributed by atoms with Gasteiger partial charge in [0.2, 0.25) is 0 Å². The fourth-order valence-corrected chi connectivity index (χ4v) is 6.16. The average molecular weight is 513 g/mol. The molecule has 0 spiro atoms. The Morgan fingerprint density at radius 2 is 2.00 bits per heavy atom. The van der Waals surface area contributed by atoms with Crippen LogP contribution in [0.25, 0.3) is 11.7 Å². The normalized spacial score (nSPS) is 19.2. The van der Waals surface area contributed by atoms with Crippen molar-refractivity contribution < 1.29 is 4.79 Å². The molecule has 0 bridgehead atoms. The lowest BCUT2D eigenvalue weighted by Gasteiger charge is -2.24. The zero-order valence-corrected chi connectivity index (χ0v) is 22.6. The number of unbranched alkanes of at least 4 members (excludes halogenated alkanes) is 1. The first-order valence-electron chi connectivity index (χ1n) is 13.0. The Balaban J connectivity index is 1.69. The van der Waals surface area contributed by atoms with Gasteiger partial charge < -0.3 is 5.32 Å². The lowest BCUT2D eigenvalue weighted by molar-refractivity contribution is -0.122. The Morgan fingerprint density at radius 1 is 1.23 bits per heavy atom. The third-order valence-corrected chi connectivity index (χ3v) is 8.46. The molecule has 1 amide bonds. The molecule has 2 aromatic rings. The smallest absolute Gasteiger partial charge is 0.267 e. The van der Waals surface area contributed by atoms with Crippen LogP contribution in [-0.4, -0.2) is 37.1 Å². The number of aryl methyl sites for hydroxylation is 1. The molecule has 1 N–H and O–H groups in total. The lowest BCUT2D eigenvalue weighted by atomic mass is 9.95. The van der Waals surface area contributed by atoms with E-state index in [0.717, 1.165) is 44.1 Å². The van der Waals surface area contributed by atoms with Crippen LogP contribution in [0.3, 0.4) is 0 Å². The van der Waals surface area contributed by atoms with Crippen LogP contribution in [0.15, 0.2) is 28.0 Å². The zero-order valence-electron chi connectivity index (χ0n) is 21.0. The number of aromatic nitrogens is 2. The molecule has 3 heterocycles. The number of thioether (sulfide) groups is 1. The van der Waals surface area contributed by atoms with Crippen LogP contribution in [0, 0.1) is 12.8 Å². The van der Waals surface area contributed by atoms with Crippen molar-refractivity contribution in [1.82, 2.24) is 14.3 Å². The Bertz CT molecular complexity index is 1180. The van der Waals surface area contributed by atoms with Crippen molar-refractivity contribution in [2.24, 2.45) is 5.92 Å². The number of amides is 1. The number of pyridine rings is 1. The summed E-state index contributed by atoms with van der Waals surface area (Å²) in [5, 5.41) is 3.54. The van der Waals surface area contributed by atoms with Gasteiger partial charge in [-0.15, -0.1) is 0 Å². The highest BCUT2D eigenvalue weighted by Gasteiger charge is 2.34. The quantitative estimate of drug-likeness (QED) is 0.320. The minimum absolute atomic E-state index is 0.104. The third-order valence-electron chi connectivity index (χ3n) is 7.08. The summed E-state index contributed by atoms with van der Waals surface area (Å²) in [6.45, 7) is 6.94. The van der Waals surface area contributed by atoms with E-state index in [2.05, 4.69) is 19.2 Å². The van der Waals surface area contributed by atoms with Crippen molar-refractivity contribution in [2.75, 3.05) is 11.9 Å². The molecular weight excluding hydrogens is 476 g/mol. The summed E-state index contributed by atoms with van der Waals surface area (Å²) in [6.07, 6.45) is 13.6. The van der Waals surface area contributed by atoms with E-state index >= 15 is 0 Å². The molecule has 1 aliphatic carbocycles. The molecule has 8 heteroatoms. The van der Waals surface area contributed by atoms with Gasteiger partial charge in [-0.05, 0) is 49.8 Å².